The highest BCUT2D eigenvalue weighted by molar-refractivity contribution is 6.31. The van der Waals surface area contributed by atoms with E-state index in [-0.39, 0.29) is 11.6 Å². The summed E-state index contributed by atoms with van der Waals surface area (Å²) in [7, 11) is 4.02. The van der Waals surface area contributed by atoms with E-state index in [9.17, 15) is 0 Å². The van der Waals surface area contributed by atoms with E-state index in [2.05, 4.69) is 29.2 Å². The second-order valence-electron chi connectivity index (χ2n) is 5.71. The Morgan fingerprint density at radius 1 is 1.40 bits per heavy atom. The first-order valence-corrected chi connectivity index (χ1v) is 8.08. The molecule has 0 bridgehead atoms. The van der Waals surface area contributed by atoms with Crippen LogP contribution in [0.25, 0.3) is 0 Å². The van der Waals surface area contributed by atoms with Crippen LogP contribution in [0.5, 0.6) is 0 Å². The van der Waals surface area contributed by atoms with Crippen molar-refractivity contribution in [2.45, 2.75) is 51.1 Å². The van der Waals surface area contributed by atoms with Gasteiger partial charge in [-0.3, -0.25) is 9.58 Å². The van der Waals surface area contributed by atoms with Crippen LogP contribution in [0.4, 0.5) is 0 Å². The van der Waals surface area contributed by atoms with Gasteiger partial charge < -0.3 is 5.32 Å². The minimum atomic E-state index is 0.162. The van der Waals surface area contributed by atoms with E-state index in [1.165, 1.54) is 25.7 Å². The van der Waals surface area contributed by atoms with Crippen molar-refractivity contribution in [3.05, 3.63) is 16.9 Å². The summed E-state index contributed by atoms with van der Waals surface area (Å²) in [6.45, 7) is 6.65. The first-order valence-electron chi connectivity index (χ1n) is 7.70. The molecular weight excluding hydrogens is 272 g/mol. The zero-order valence-electron chi connectivity index (χ0n) is 13.1. The van der Waals surface area contributed by atoms with Crippen molar-refractivity contribution in [1.29, 1.82) is 0 Å². The first-order chi connectivity index (χ1) is 9.60. The maximum absolute atomic E-state index is 6.41. The summed E-state index contributed by atoms with van der Waals surface area (Å²) < 4.78 is 1.92. The highest BCUT2D eigenvalue weighted by atomic mass is 35.5. The minimum absolute atomic E-state index is 0.162. The Bertz CT molecular complexity index is 414. The van der Waals surface area contributed by atoms with Crippen LogP contribution >= 0.6 is 11.6 Å². The van der Waals surface area contributed by atoms with Crippen molar-refractivity contribution in [2.75, 3.05) is 20.1 Å². The molecule has 1 aliphatic rings. The molecule has 0 aliphatic heterocycles. The van der Waals surface area contributed by atoms with Crippen molar-refractivity contribution in [3.8, 4) is 0 Å². The van der Waals surface area contributed by atoms with Crippen LogP contribution in [0.3, 0.4) is 0 Å². The monoisotopic (exact) mass is 298 g/mol. The molecule has 4 nitrogen and oxygen atoms in total. The van der Waals surface area contributed by atoms with E-state index in [4.69, 9.17) is 11.6 Å². The Hall–Kier alpha value is -0.580. The average Bonchev–Trinajstić information content (AvgIpc) is 3.04. The molecule has 1 unspecified atom stereocenters. The van der Waals surface area contributed by atoms with Gasteiger partial charge in [0.1, 0.15) is 0 Å². The fourth-order valence-corrected chi connectivity index (χ4v) is 4.31. The second-order valence-corrected chi connectivity index (χ2v) is 6.11. The lowest BCUT2D eigenvalue weighted by molar-refractivity contribution is 0.0626. The number of nitrogens with one attached hydrogen (secondary N) is 1. The van der Waals surface area contributed by atoms with Gasteiger partial charge in [0.05, 0.1) is 23.0 Å². The van der Waals surface area contributed by atoms with Gasteiger partial charge in [-0.25, -0.2) is 0 Å². The number of nitrogens with zero attached hydrogens (tertiary/aromatic N) is 3. The van der Waals surface area contributed by atoms with E-state index in [0.717, 1.165) is 23.8 Å². The van der Waals surface area contributed by atoms with Crippen LogP contribution in [-0.2, 0) is 7.05 Å². The normalized spacial score (nSPS) is 19.7. The lowest BCUT2D eigenvalue weighted by Gasteiger charge is -2.46. The number of aromatic nitrogens is 2. The van der Waals surface area contributed by atoms with Crippen molar-refractivity contribution in [3.63, 3.8) is 0 Å². The van der Waals surface area contributed by atoms with Gasteiger partial charge >= 0.3 is 0 Å². The topological polar surface area (TPSA) is 33.1 Å². The van der Waals surface area contributed by atoms with E-state index in [1.807, 2.05) is 18.8 Å². The molecule has 1 aliphatic carbocycles. The molecule has 1 fully saturated rings. The van der Waals surface area contributed by atoms with Gasteiger partial charge in [0.25, 0.3) is 0 Å². The Morgan fingerprint density at radius 3 is 2.40 bits per heavy atom. The molecule has 1 atom stereocenters. The molecule has 5 heteroatoms. The van der Waals surface area contributed by atoms with Gasteiger partial charge in [-0.2, -0.15) is 5.10 Å². The highest BCUT2D eigenvalue weighted by Gasteiger charge is 2.46. The van der Waals surface area contributed by atoms with Gasteiger partial charge in [0.15, 0.2) is 0 Å². The zero-order valence-corrected chi connectivity index (χ0v) is 13.9. The summed E-state index contributed by atoms with van der Waals surface area (Å²) in [6.07, 6.45) is 6.80. The van der Waals surface area contributed by atoms with Crippen LogP contribution in [0, 0.1) is 0 Å². The summed E-state index contributed by atoms with van der Waals surface area (Å²) >= 11 is 6.41. The molecular formula is C15H27ClN4. The number of hydrogen-bond acceptors (Lipinski definition) is 3. The molecule has 1 aromatic rings. The van der Waals surface area contributed by atoms with Crippen molar-refractivity contribution < 1.29 is 0 Å². The molecule has 2 rings (SSSR count). The van der Waals surface area contributed by atoms with Crippen LogP contribution < -0.4 is 5.32 Å². The number of rotatable bonds is 6. The summed E-state index contributed by atoms with van der Waals surface area (Å²) in [5.41, 5.74) is 1.28. The van der Waals surface area contributed by atoms with E-state index in [0.29, 0.717) is 0 Å². The first kappa shape index (κ1) is 15.8. The number of hydrogen-bond donors (Lipinski definition) is 1. The SMILES string of the molecule is CCN(CC)C1(C(NC)c2c(Cl)cnn2C)CCCC1. The predicted octanol–water partition coefficient (Wildman–Crippen LogP) is 2.99. The molecule has 0 aromatic carbocycles. The molecule has 1 aromatic heterocycles. The standard InChI is InChI=1S/C15H27ClN4/c1-5-20(6-2)15(9-7-8-10-15)14(17-3)13-12(16)11-18-19(13)4/h11,14,17H,5-10H2,1-4H3. The van der Waals surface area contributed by atoms with Gasteiger partial charge in [0, 0.05) is 12.6 Å². The summed E-state index contributed by atoms with van der Waals surface area (Å²) in [5.74, 6) is 0. The molecule has 0 radical (unpaired) electrons. The van der Waals surface area contributed by atoms with E-state index in [1.54, 1.807) is 6.20 Å². The summed E-state index contributed by atoms with van der Waals surface area (Å²) in [5, 5.41) is 8.62. The molecule has 0 amide bonds. The van der Waals surface area contributed by atoms with E-state index < -0.39 is 0 Å². The molecule has 0 spiro atoms. The second kappa shape index (κ2) is 6.46. The van der Waals surface area contributed by atoms with Crippen molar-refractivity contribution in [2.24, 2.45) is 7.05 Å². The summed E-state index contributed by atoms with van der Waals surface area (Å²) in [4.78, 5) is 2.60. The number of likely N-dealkylation sites (N-methyl/N-ethyl adjacent to an activating group) is 2. The summed E-state index contributed by atoms with van der Waals surface area (Å²) in [6, 6.07) is 0.227. The largest absolute Gasteiger partial charge is 0.310 e. The fourth-order valence-electron chi connectivity index (χ4n) is 4.03. The van der Waals surface area contributed by atoms with Crippen LogP contribution in [0.15, 0.2) is 6.20 Å². The smallest absolute Gasteiger partial charge is 0.0834 e. The van der Waals surface area contributed by atoms with Crippen LogP contribution in [0.2, 0.25) is 5.02 Å². The average molecular weight is 299 g/mol. The Kier molecular flexibility index (Phi) is 5.10. The lowest BCUT2D eigenvalue weighted by atomic mass is 9.83. The maximum Gasteiger partial charge on any atom is 0.0834 e. The molecule has 0 saturated heterocycles. The van der Waals surface area contributed by atoms with Crippen LogP contribution in [-0.4, -0.2) is 40.4 Å². The molecule has 1 heterocycles. The third-order valence-corrected chi connectivity index (χ3v) is 5.19. The molecule has 1 N–H and O–H groups in total. The minimum Gasteiger partial charge on any atom is -0.310 e. The zero-order chi connectivity index (χ0) is 14.8. The van der Waals surface area contributed by atoms with Gasteiger partial charge in [-0.1, -0.05) is 38.3 Å². The predicted molar refractivity (Wildman–Crippen MR) is 84.1 cm³/mol. The third kappa shape index (κ3) is 2.49. The molecule has 114 valence electrons. The van der Waals surface area contributed by atoms with Gasteiger partial charge in [-0.05, 0) is 33.0 Å². The molecule has 1 saturated carbocycles. The van der Waals surface area contributed by atoms with Crippen molar-refractivity contribution in [1.82, 2.24) is 20.0 Å². The van der Waals surface area contributed by atoms with E-state index >= 15 is 0 Å². The highest BCUT2D eigenvalue weighted by Crippen LogP contribution is 2.45. The molecule has 20 heavy (non-hydrogen) atoms. The Morgan fingerprint density at radius 2 is 2.00 bits per heavy atom. The fraction of sp³-hybridized carbons (Fsp3) is 0.800. The maximum atomic E-state index is 6.41. The van der Waals surface area contributed by atoms with Gasteiger partial charge in [-0.15, -0.1) is 0 Å². The van der Waals surface area contributed by atoms with Crippen molar-refractivity contribution >= 4 is 11.6 Å². The Labute approximate surface area is 127 Å². The Balaban J connectivity index is 2.46. The quantitative estimate of drug-likeness (QED) is 0.876. The van der Waals surface area contributed by atoms with Gasteiger partial charge in [0.2, 0.25) is 0 Å². The number of aryl methyl sites for hydroxylation is 1. The number of halogens is 1. The van der Waals surface area contributed by atoms with Crippen LogP contribution in [0.1, 0.15) is 51.3 Å². The third-order valence-electron chi connectivity index (χ3n) is 4.90. The lowest BCUT2D eigenvalue weighted by Crippen LogP contribution is -2.55.